The predicted octanol–water partition coefficient (Wildman–Crippen LogP) is 1.22. The Kier molecular flexibility index (Phi) is 5.57. The van der Waals surface area contributed by atoms with Gasteiger partial charge in [-0.2, -0.15) is 0 Å². The number of rotatable bonds is 5. The first-order valence-electron chi connectivity index (χ1n) is 3.02. The average Bonchev–Trinajstić information content (AvgIpc) is 1.89. The van der Waals surface area contributed by atoms with E-state index < -0.39 is 0 Å². The summed E-state index contributed by atoms with van der Waals surface area (Å²) in [4.78, 5) is 0. The Labute approximate surface area is 56.5 Å². The van der Waals surface area contributed by atoms with Crippen LogP contribution in [0.2, 0.25) is 0 Å². The molecule has 0 aromatic heterocycles. The Bertz CT molecular complexity index is 71.3. The van der Waals surface area contributed by atoms with Gasteiger partial charge in [-0.15, -0.1) is 6.58 Å². The molecule has 0 aromatic carbocycles. The molecule has 1 atom stereocenters. The molecule has 0 saturated heterocycles. The molecule has 1 unspecified atom stereocenters. The summed E-state index contributed by atoms with van der Waals surface area (Å²) in [5.74, 6) is 0. The highest BCUT2D eigenvalue weighted by Crippen LogP contribution is 1.87. The molecule has 9 heavy (non-hydrogen) atoms. The van der Waals surface area contributed by atoms with E-state index in [0.717, 1.165) is 0 Å². The van der Waals surface area contributed by atoms with Crippen molar-refractivity contribution in [3.63, 3.8) is 0 Å². The van der Waals surface area contributed by atoms with Crippen LogP contribution in [0.1, 0.15) is 6.92 Å². The zero-order valence-corrected chi connectivity index (χ0v) is 6.09. The van der Waals surface area contributed by atoms with E-state index >= 15 is 0 Å². The molecule has 2 heteroatoms. The topological polar surface area (TPSA) is 18.5 Å². The van der Waals surface area contributed by atoms with Gasteiger partial charge in [0.25, 0.3) is 0 Å². The van der Waals surface area contributed by atoms with E-state index in [4.69, 9.17) is 9.47 Å². The van der Waals surface area contributed by atoms with E-state index in [1.54, 1.807) is 13.2 Å². The summed E-state index contributed by atoms with van der Waals surface area (Å²) in [6, 6.07) is 0. The third kappa shape index (κ3) is 5.53. The summed E-state index contributed by atoms with van der Waals surface area (Å²) in [5.41, 5.74) is 0. The fraction of sp³-hybridized carbons (Fsp3) is 0.714. The minimum atomic E-state index is 0.185. The molecular weight excluding hydrogens is 116 g/mol. The monoisotopic (exact) mass is 130 g/mol. The molecule has 0 rings (SSSR count). The van der Waals surface area contributed by atoms with Crippen LogP contribution in [0.15, 0.2) is 12.7 Å². The van der Waals surface area contributed by atoms with Crippen molar-refractivity contribution < 1.29 is 9.47 Å². The van der Waals surface area contributed by atoms with Crippen molar-refractivity contribution in [1.29, 1.82) is 0 Å². The second-order valence-corrected chi connectivity index (χ2v) is 1.87. The molecule has 0 heterocycles. The number of methoxy groups -OCH3 is 1. The third-order valence-electron chi connectivity index (χ3n) is 0.991. The SMILES string of the molecule is C=CCOCC(C)OC. The van der Waals surface area contributed by atoms with Gasteiger partial charge in [-0.25, -0.2) is 0 Å². The summed E-state index contributed by atoms with van der Waals surface area (Å²) in [7, 11) is 1.67. The minimum Gasteiger partial charge on any atom is -0.379 e. The lowest BCUT2D eigenvalue weighted by molar-refractivity contribution is 0.0284. The summed E-state index contributed by atoms with van der Waals surface area (Å²) in [6.45, 7) is 6.73. The first kappa shape index (κ1) is 8.66. The predicted molar refractivity (Wildman–Crippen MR) is 37.5 cm³/mol. The van der Waals surface area contributed by atoms with Crippen LogP contribution in [-0.4, -0.2) is 26.4 Å². The maximum atomic E-state index is 5.09. The van der Waals surface area contributed by atoms with Crippen LogP contribution in [0.5, 0.6) is 0 Å². The molecule has 0 aliphatic rings. The molecule has 2 nitrogen and oxygen atoms in total. The number of hydrogen-bond acceptors (Lipinski definition) is 2. The molecule has 0 radical (unpaired) electrons. The highest BCUT2D eigenvalue weighted by atomic mass is 16.5. The number of ether oxygens (including phenoxy) is 2. The highest BCUT2D eigenvalue weighted by molar-refractivity contribution is 4.64. The van der Waals surface area contributed by atoms with Gasteiger partial charge in [0, 0.05) is 7.11 Å². The Morgan fingerprint density at radius 2 is 2.33 bits per heavy atom. The van der Waals surface area contributed by atoms with E-state index in [9.17, 15) is 0 Å². The van der Waals surface area contributed by atoms with Crippen LogP contribution in [-0.2, 0) is 9.47 Å². The largest absolute Gasteiger partial charge is 0.379 e. The molecule has 54 valence electrons. The molecular formula is C7H14O2. The van der Waals surface area contributed by atoms with Gasteiger partial charge < -0.3 is 9.47 Å². The lowest BCUT2D eigenvalue weighted by Gasteiger charge is -2.07. The van der Waals surface area contributed by atoms with Crippen molar-refractivity contribution in [3.8, 4) is 0 Å². The van der Waals surface area contributed by atoms with Gasteiger partial charge in [-0.05, 0) is 6.92 Å². The molecule has 0 bridgehead atoms. The third-order valence-corrected chi connectivity index (χ3v) is 0.991. The smallest absolute Gasteiger partial charge is 0.0776 e. The standard InChI is InChI=1S/C7H14O2/c1-4-5-9-6-7(2)8-3/h4,7H,1,5-6H2,2-3H3. The maximum Gasteiger partial charge on any atom is 0.0776 e. The van der Waals surface area contributed by atoms with Crippen LogP contribution in [0.3, 0.4) is 0 Å². The molecule has 0 saturated carbocycles. The van der Waals surface area contributed by atoms with Crippen LogP contribution >= 0.6 is 0 Å². The van der Waals surface area contributed by atoms with E-state index in [2.05, 4.69) is 6.58 Å². The second kappa shape index (κ2) is 5.79. The van der Waals surface area contributed by atoms with Gasteiger partial charge in [0.2, 0.25) is 0 Å². The molecule has 0 fully saturated rings. The van der Waals surface area contributed by atoms with Gasteiger partial charge >= 0.3 is 0 Å². The zero-order valence-electron chi connectivity index (χ0n) is 6.09. The van der Waals surface area contributed by atoms with Gasteiger partial charge in [-0.3, -0.25) is 0 Å². The van der Waals surface area contributed by atoms with Crippen molar-refractivity contribution in [3.05, 3.63) is 12.7 Å². The lowest BCUT2D eigenvalue weighted by atomic mass is 10.4. The van der Waals surface area contributed by atoms with E-state index in [0.29, 0.717) is 13.2 Å². The Hall–Kier alpha value is -0.340. The lowest BCUT2D eigenvalue weighted by Crippen LogP contribution is -2.13. The van der Waals surface area contributed by atoms with Crippen LogP contribution in [0.25, 0.3) is 0 Å². The van der Waals surface area contributed by atoms with E-state index in [-0.39, 0.29) is 6.10 Å². The van der Waals surface area contributed by atoms with Crippen molar-refractivity contribution in [2.45, 2.75) is 13.0 Å². The van der Waals surface area contributed by atoms with E-state index in [1.165, 1.54) is 0 Å². The zero-order chi connectivity index (χ0) is 7.11. The highest BCUT2D eigenvalue weighted by Gasteiger charge is 1.95. The Morgan fingerprint density at radius 3 is 2.78 bits per heavy atom. The molecule has 0 aliphatic heterocycles. The normalized spacial score (nSPS) is 13.1. The second-order valence-electron chi connectivity index (χ2n) is 1.87. The quantitative estimate of drug-likeness (QED) is 0.411. The van der Waals surface area contributed by atoms with Crippen LogP contribution in [0.4, 0.5) is 0 Å². The Balaban J connectivity index is 2.96. The van der Waals surface area contributed by atoms with Crippen molar-refractivity contribution in [2.24, 2.45) is 0 Å². The van der Waals surface area contributed by atoms with Crippen LogP contribution in [0, 0.1) is 0 Å². The van der Waals surface area contributed by atoms with Crippen molar-refractivity contribution in [1.82, 2.24) is 0 Å². The van der Waals surface area contributed by atoms with Gasteiger partial charge in [0.1, 0.15) is 0 Å². The summed E-state index contributed by atoms with van der Waals surface area (Å²) in [6.07, 6.45) is 1.91. The number of hydrogen-bond donors (Lipinski definition) is 0. The average molecular weight is 130 g/mol. The van der Waals surface area contributed by atoms with E-state index in [1.807, 2.05) is 6.92 Å². The fourth-order valence-electron chi connectivity index (χ4n) is 0.385. The van der Waals surface area contributed by atoms with Gasteiger partial charge in [0.05, 0.1) is 19.3 Å². The maximum absolute atomic E-state index is 5.09. The molecule has 0 N–H and O–H groups in total. The van der Waals surface area contributed by atoms with Gasteiger partial charge in [-0.1, -0.05) is 6.08 Å². The first-order valence-corrected chi connectivity index (χ1v) is 3.02. The molecule has 0 amide bonds. The summed E-state index contributed by atoms with van der Waals surface area (Å²) < 4.78 is 10.0. The van der Waals surface area contributed by atoms with Crippen LogP contribution < -0.4 is 0 Å². The van der Waals surface area contributed by atoms with Crippen molar-refractivity contribution in [2.75, 3.05) is 20.3 Å². The Morgan fingerprint density at radius 1 is 1.67 bits per heavy atom. The van der Waals surface area contributed by atoms with Gasteiger partial charge in [0.15, 0.2) is 0 Å². The summed E-state index contributed by atoms with van der Waals surface area (Å²) in [5, 5.41) is 0. The summed E-state index contributed by atoms with van der Waals surface area (Å²) >= 11 is 0. The minimum absolute atomic E-state index is 0.185. The fourth-order valence-corrected chi connectivity index (χ4v) is 0.385. The molecule has 0 aromatic rings. The molecule has 0 spiro atoms. The molecule has 0 aliphatic carbocycles. The first-order chi connectivity index (χ1) is 4.31. The van der Waals surface area contributed by atoms with Crippen molar-refractivity contribution >= 4 is 0 Å².